The normalized spacial score (nSPS) is 12.7. The molecule has 1 atom stereocenters. The van der Waals surface area contributed by atoms with Gasteiger partial charge in [0.15, 0.2) is 0 Å². The van der Waals surface area contributed by atoms with Gasteiger partial charge in [-0.25, -0.2) is 0 Å². The fourth-order valence-electron chi connectivity index (χ4n) is 1.66. The number of carbonyl (C=O) groups excluding carboxylic acids is 1. The van der Waals surface area contributed by atoms with E-state index < -0.39 is 0 Å². The molecular formula is C13H22N2OS. The predicted molar refractivity (Wildman–Crippen MR) is 73.2 cm³/mol. The van der Waals surface area contributed by atoms with Crippen LogP contribution in [0, 0.1) is 0 Å². The van der Waals surface area contributed by atoms with E-state index >= 15 is 0 Å². The van der Waals surface area contributed by atoms with Crippen LogP contribution in [0.4, 0.5) is 0 Å². The smallest absolute Gasteiger partial charge is 0.234 e. The molecule has 1 aromatic heterocycles. The highest BCUT2D eigenvalue weighted by molar-refractivity contribution is 7.10. The van der Waals surface area contributed by atoms with E-state index in [0.29, 0.717) is 12.6 Å². The van der Waals surface area contributed by atoms with Gasteiger partial charge in [0.1, 0.15) is 0 Å². The van der Waals surface area contributed by atoms with Crippen LogP contribution in [0.15, 0.2) is 17.5 Å². The van der Waals surface area contributed by atoms with E-state index in [2.05, 4.69) is 42.9 Å². The molecule has 0 radical (unpaired) electrons. The van der Waals surface area contributed by atoms with Crippen molar-refractivity contribution in [1.29, 1.82) is 0 Å². The number of thiophene rings is 1. The van der Waals surface area contributed by atoms with Crippen LogP contribution in [-0.4, -0.2) is 18.5 Å². The van der Waals surface area contributed by atoms with Crippen molar-refractivity contribution in [2.45, 2.75) is 45.7 Å². The molecule has 0 bridgehead atoms. The minimum absolute atomic E-state index is 0.0853. The number of hydrogen-bond donors (Lipinski definition) is 2. The highest BCUT2D eigenvalue weighted by Gasteiger charge is 2.10. The Morgan fingerprint density at radius 2 is 2.12 bits per heavy atom. The molecule has 1 amide bonds. The molecule has 1 aromatic rings. The monoisotopic (exact) mass is 254 g/mol. The molecule has 0 fully saturated rings. The summed E-state index contributed by atoms with van der Waals surface area (Å²) >= 11 is 1.71. The van der Waals surface area contributed by atoms with Crippen molar-refractivity contribution in [3.05, 3.63) is 22.4 Å². The third kappa shape index (κ3) is 4.88. The van der Waals surface area contributed by atoms with Crippen LogP contribution in [0.2, 0.25) is 0 Å². The standard InChI is InChI=1S/C13H22N2OS/c1-4-11(5-2)15-13(16)9-14-10(3)12-7-6-8-17-12/h6-8,10-11,14H,4-5,9H2,1-3H3,(H,15,16)/t10-/m1/s1. The molecule has 96 valence electrons. The zero-order valence-electron chi connectivity index (χ0n) is 10.8. The number of hydrogen-bond acceptors (Lipinski definition) is 3. The molecular weight excluding hydrogens is 232 g/mol. The molecule has 2 N–H and O–H groups in total. The molecule has 3 nitrogen and oxygen atoms in total. The lowest BCUT2D eigenvalue weighted by Crippen LogP contribution is -2.40. The van der Waals surface area contributed by atoms with Crippen molar-refractivity contribution < 1.29 is 4.79 Å². The maximum Gasteiger partial charge on any atom is 0.234 e. The average molecular weight is 254 g/mol. The topological polar surface area (TPSA) is 41.1 Å². The van der Waals surface area contributed by atoms with Crippen molar-refractivity contribution in [3.8, 4) is 0 Å². The summed E-state index contributed by atoms with van der Waals surface area (Å²) < 4.78 is 0. The Bertz CT molecular complexity index is 320. The molecule has 4 heteroatoms. The van der Waals surface area contributed by atoms with Gasteiger partial charge in [0, 0.05) is 17.0 Å². The third-order valence-corrected chi connectivity index (χ3v) is 3.94. The van der Waals surface area contributed by atoms with Crippen molar-refractivity contribution in [1.82, 2.24) is 10.6 Å². The quantitative estimate of drug-likeness (QED) is 0.785. The van der Waals surface area contributed by atoms with Gasteiger partial charge in [0.05, 0.1) is 6.54 Å². The lowest BCUT2D eigenvalue weighted by molar-refractivity contribution is -0.121. The molecule has 0 spiro atoms. The van der Waals surface area contributed by atoms with Crippen molar-refractivity contribution in [3.63, 3.8) is 0 Å². The van der Waals surface area contributed by atoms with Crippen molar-refractivity contribution >= 4 is 17.2 Å². The Balaban J connectivity index is 2.28. The Morgan fingerprint density at radius 3 is 2.65 bits per heavy atom. The third-order valence-electron chi connectivity index (χ3n) is 2.89. The minimum Gasteiger partial charge on any atom is -0.352 e. The molecule has 0 aromatic carbocycles. The number of rotatable bonds is 7. The lowest BCUT2D eigenvalue weighted by Gasteiger charge is -2.16. The first-order chi connectivity index (χ1) is 8.17. The SMILES string of the molecule is CCC(CC)NC(=O)CN[C@H](C)c1cccs1. The first-order valence-electron chi connectivity index (χ1n) is 6.23. The summed E-state index contributed by atoms with van der Waals surface area (Å²) in [7, 11) is 0. The average Bonchev–Trinajstić information content (AvgIpc) is 2.86. The van der Waals surface area contributed by atoms with Gasteiger partial charge in [0.2, 0.25) is 5.91 Å². The second-order valence-electron chi connectivity index (χ2n) is 4.20. The Hall–Kier alpha value is -0.870. The number of carbonyl (C=O) groups is 1. The summed E-state index contributed by atoms with van der Waals surface area (Å²) in [6.07, 6.45) is 1.98. The van der Waals surface area contributed by atoms with Gasteiger partial charge in [-0.3, -0.25) is 4.79 Å². The molecule has 0 aliphatic carbocycles. The van der Waals surface area contributed by atoms with Crippen molar-refractivity contribution in [2.24, 2.45) is 0 Å². The number of amides is 1. The van der Waals surface area contributed by atoms with Crippen LogP contribution in [-0.2, 0) is 4.79 Å². The van der Waals surface area contributed by atoms with Crippen LogP contribution in [0.1, 0.15) is 44.5 Å². The number of nitrogens with one attached hydrogen (secondary N) is 2. The fourth-order valence-corrected chi connectivity index (χ4v) is 2.41. The minimum atomic E-state index is 0.0853. The Kier molecular flexibility index (Phi) is 6.22. The summed E-state index contributed by atoms with van der Waals surface area (Å²) in [5.41, 5.74) is 0. The predicted octanol–water partition coefficient (Wildman–Crippen LogP) is 2.70. The molecule has 0 aliphatic rings. The second kappa shape index (κ2) is 7.45. The van der Waals surface area contributed by atoms with Gasteiger partial charge < -0.3 is 10.6 Å². The van der Waals surface area contributed by atoms with Crippen LogP contribution in [0.3, 0.4) is 0 Å². The van der Waals surface area contributed by atoms with Crippen LogP contribution < -0.4 is 10.6 Å². The fraction of sp³-hybridized carbons (Fsp3) is 0.615. The molecule has 0 unspecified atom stereocenters. The summed E-state index contributed by atoms with van der Waals surface area (Å²) in [4.78, 5) is 12.9. The van der Waals surface area contributed by atoms with E-state index in [9.17, 15) is 4.79 Å². The van der Waals surface area contributed by atoms with Gasteiger partial charge in [-0.15, -0.1) is 11.3 Å². The van der Waals surface area contributed by atoms with Crippen LogP contribution in [0.5, 0.6) is 0 Å². The molecule has 0 saturated carbocycles. The zero-order chi connectivity index (χ0) is 12.7. The van der Waals surface area contributed by atoms with Gasteiger partial charge in [-0.05, 0) is 31.2 Å². The molecule has 1 heterocycles. The van der Waals surface area contributed by atoms with Gasteiger partial charge in [0.25, 0.3) is 0 Å². The summed E-state index contributed by atoms with van der Waals surface area (Å²) in [5.74, 6) is 0.0853. The van der Waals surface area contributed by atoms with E-state index in [1.165, 1.54) is 4.88 Å². The highest BCUT2D eigenvalue weighted by atomic mass is 32.1. The van der Waals surface area contributed by atoms with E-state index in [-0.39, 0.29) is 11.9 Å². The van der Waals surface area contributed by atoms with Gasteiger partial charge >= 0.3 is 0 Å². The van der Waals surface area contributed by atoms with Gasteiger partial charge in [-0.2, -0.15) is 0 Å². The molecule has 0 aliphatic heterocycles. The lowest BCUT2D eigenvalue weighted by atomic mass is 10.2. The van der Waals surface area contributed by atoms with Crippen LogP contribution >= 0.6 is 11.3 Å². The van der Waals surface area contributed by atoms with Crippen LogP contribution in [0.25, 0.3) is 0 Å². The molecule has 1 rings (SSSR count). The summed E-state index contributed by atoms with van der Waals surface area (Å²) in [6, 6.07) is 4.66. The maximum atomic E-state index is 11.7. The first-order valence-corrected chi connectivity index (χ1v) is 7.11. The molecule has 17 heavy (non-hydrogen) atoms. The Morgan fingerprint density at radius 1 is 1.41 bits per heavy atom. The second-order valence-corrected chi connectivity index (χ2v) is 5.18. The zero-order valence-corrected chi connectivity index (χ0v) is 11.6. The summed E-state index contributed by atoms with van der Waals surface area (Å²) in [5, 5.41) is 8.31. The summed E-state index contributed by atoms with van der Waals surface area (Å²) in [6.45, 7) is 6.65. The highest BCUT2D eigenvalue weighted by Crippen LogP contribution is 2.17. The van der Waals surface area contributed by atoms with E-state index in [4.69, 9.17) is 0 Å². The van der Waals surface area contributed by atoms with E-state index in [1.54, 1.807) is 11.3 Å². The maximum absolute atomic E-state index is 11.7. The molecule has 0 saturated heterocycles. The van der Waals surface area contributed by atoms with E-state index in [0.717, 1.165) is 12.8 Å². The largest absolute Gasteiger partial charge is 0.352 e. The first kappa shape index (κ1) is 14.2. The van der Waals surface area contributed by atoms with Gasteiger partial charge in [-0.1, -0.05) is 19.9 Å². The van der Waals surface area contributed by atoms with Crippen molar-refractivity contribution in [2.75, 3.05) is 6.54 Å². The van der Waals surface area contributed by atoms with E-state index in [1.807, 2.05) is 6.07 Å². The Labute approximate surface area is 108 Å².